The van der Waals surface area contributed by atoms with E-state index in [2.05, 4.69) is 15.3 Å². The normalized spacial score (nSPS) is 10.5. The van der Waals surface area contributed by atoms with Gasteiger partial charge in [-0.1, -0.05) is 23.1 Å². The Hall–Kier alpha value is -3.16. The number of aromatic nitrogens is 2. The molecule has 0 aliphatic rings. The molecule has 0 aliphatic heterocycles. The van der Waals surface area contributed by atoms with Crippen molar-refractivity contribution < 1.29 is 19.1 Å². The van der Waals surface area contributed by atoms with Crippen LogP contribution < -0.4 is 10.1 Å². The van der Waals surface area contributed by atoms with Crippen molar-refractivity contribution in [3.05, 3.63) is 41.1 Å². The van der Waals surface area contributed by atoms with Gasteiger partial charge in [0.25, 0.3) is 0 Å². The predicted molar refractivity (Wildman–Crippen MR) is 115 cm³/mol. The predicted octanol–water partition coefficient (Wildman–Crippen LogP) is 3.79. The Balaban J connectivity index is 1.69. The van der Waals surface area contributed by atoms with Crippen molar-refractivity contribution in [1.82, 2.24) is 9.97 Å². The van der Waals surface area contributed by atoms with Gasteiger partial charge in [0.1, 0.15) is 16.8 Å². The quantitative estimate of drug-likeness (QED) is 0.434. The summed E-state index contributed by atoms with van der Waals surface area (Å²) < 4.78 is 11.1. The van der Waals surface area contributed by atoms with Gasteiger partial charge in [0.05, 0.1) is 46.5 Å². The van der Waals surface area contributed by atoms with Crippen LogP contribution in [0.4, 0.5) is 5.13 Å². The molecule has 0 atom stereocenters. The van der Waals surface area contributed by atoms with Crippen LogP contribution in [0.15, 0.2) is 29.3 Å². The number of nitrogens with one attached hydrogen (secondary N) is 1. The average Bonchev–Trinajstić information content (AvgIpc) is 3.13. The van der Waals surface area contributed by atoms with Gasteiger partial charge < -0.3 is 14.8 Å². The number of methoxy groups -OCH3 is 1. The molecule has 154 valence electrons. The van der Waals surface area contributed by atoms with Crippen LogP contribution in [0.1, 0.15) is 28.5 Å². The fourth-order valence-electron chi connectivity index (χ4n) is 2.56. The summed E-state index contributed by atoms with van der Waals surface area (Å²) >= 11 is 2.46. The van der Waals surface area contributed by atoms with E-state index in [0.29, 0.717) is 15.9 Å². The van der Waals surface area contributed by atoms with Crippen LogP contribution in [-0.2, 0) is 9.53 Å². The van der Waals surface area contributed by atoms with Gasteiger partial charge in [0.2, 0.25) is 5.91 Å². The van der Waals surface area contributed by atoms with Crippen LogP contribution in [0.25, 0.3) is 10.2 Å². The molecule has 1 aromatic carbocycles. The van der Waals surface area contributed by atoms with Crippen LogP contribution in [0, 0.1) is 18.3 Å². The highest BCUT2D eigenvalue weighted by atomic mass is 32.2. The van der Waals surface area contributed by atoms with Gasteiger partial charge in [0, 0.05) is 0 Å². The number of thioether (sulfide) groups is 1. The molecular weight excluding hydrogens is 424 g/mol. The molecule has 10 heteroatoms. The summed E-state index contributed by atoms with van der Waals surface area (Å²) in [5.74, 6) is -0.0417. The second-order valence-electron chi connectivity index (χ2n) is 6.00. The van der Waals surface area contributed by atoms with Crippen molar-refractivity contribution in [1.29, 1.82) is 5.26 Å². The highest BCUT2D eigenvalue weighted by molar-refractivity contribution is 8.00. The molecule has 3 aromatic rings. The van der Waals surface area contributed by atoms with E-state index in [1.54, 1.807) is 27.0 Å². The number of nitrogens with zero attached hydrogens (tertiary/aromatic N) is 3. The van der Waals surface area contributed by atoms with E-state index in [1.165, 1.54) is 17.4 Å². The van der Waals surface area contributed by atoms with Crippen molar-refractivity contribution in [2.45, 2.75) is 18.9 Å². The van der Waals surface area contributed by atoms with E-state index in [-0.39, 0.29) is 29.4 Å². The van der Waals surface area contributed by atoms with Crippen molar-refractivity contribution in [3.63, 3.8) is 0 Å². The standard InChI is InChI=1S/C20H18N4O4S2/c1-4-28-19(26)14-7-12(9-21)18(22-11(14)2)29-10-17(25)24-20-23-15-6-5-13(27-3)8-16(15)30-20/h5-8H,4,10H2,1-3H3,(H,23,24,25). The van der Waals surface area contributed by atoms with E-state index < -0.39 is 5.97 Å². The lowest BCUT2D eigenvalue weighted by Gasteiger charge is -2.09. The molecule has 2 heterocycles. The molecule has 0 saturated heterocycles. The number of amides is 1. The maximum atomic E-state index is 12.4. The van der Waals surface area contributed by atoms with Gasteiger partial charge in [-0.25, -0.2) is 14.8 Å². The number of anilines is 1. The summed E-state index contributed by atoms with van der Waals surface area (Å²) in [7, 11) is 1.59. The zero-order valence-corrected chi connectivity index (χ0v) is 18.1. The highest BCUT2D eigenvalue weighted by Gasteiger charge is 2.17. The molecule has 1 amide bonds. The first-order valence-corrected chi connectivity index (χ1v) is 10.7. The number of thiazole rings is 1. The Kier molecular flexibility index (Phi) is 6.87. The number of pyridine rings is 1. The topological polar surface area (TPSA) is 114 Å². The van der Waals surface area contributed by atoms with E-state index in [1.807, 2.05) is 18.2 Å². The van der Waals surface area contributed by atoms with Crippen molar-refractivity contribution in [2.75, 3.05) is 24.8 Å². The Morgan fingerprint density at radius 1 is 1.30 bits per heavy atom. The number of hydrogen-bond donors (Lipinski definition) is 1. The van der Waals surface area contributed by atoms with Gasteiger partial charge in [-0.15, -0.1) is 0 Å². The van der Waals surface area contributed by atoms with Crippen LogP contribution in [0.2, 0.25) is 0 Å². The molecule has 0 saturated carbocycles. The average molecular weight is 443 g/mol. The molecule has 2 aromatic heterocycles. The van der Waals surface area contributed by atoms with Gasteiger partial charge in [-0.05, 0) is 38.1 Å². The van der Waals surface area contributed by atoms with Crippen LogP contribution >= 0.6 is 23.1 Å². The zero-order valence-electron chi connectivity index (χ0n) is 16.5. The molecule has 0 fully saturated rings. The SMILES string of the molecule is CCOC(=O)c1cc(C#N)c(SCC(=O)Nc2nc3ccc(OC)cc3s2)nc1C. The summed E-state index contributed by atoms with van der Waals surface area (Å²) in [5, 5.41) is 13.0. The molecular formula is C20H18N4O4S2. The third-order valence-corrected chi connectivity index (χ3v) is 5.90. The number of rotatable bonds is 7. The fraction of sp³-hybridized carbons (Fsp3) is 0.250. The van der Waals surface area contributed by atoms with E-state index in [0.717, 1.165) is 27.7 Å². The maximum Gasteiger partial charge on any atom is 0.340 e. The number of fused-ring (bicyclic) bond motifs is 1. The summed E-state index contributed by atoms with van der Waals surface area (Å²) in [6.07, 6.45) is 0. The summed E-state index contributed by atoms with van der Waals surface area (Å²) in [6, 6.07) is 8.95. The summed E-state index contributed by atoms with van der Waals surface area (Å²) in [4.78, 5) is 33.0. The third kappa shape index (κ3) is 4.87. The first-order valence-electron chi connectivity index (χ1n) is 8.91. The van der Waals surface area contributed by atoms with Crippen LogP contribution in [0.5, 0.6) is 5.75 Å². The van der Waals surface area contributed by atoms with E-state index in [4.69, 9.17) is 9.47 Å². The van der Waals surface area contributed by atoms with Crippen LogP contribution in [-0.4, -0.2) is 41.3 Å². The molecule has 0 unspecified atom stereocenters. The lowest BCUT2D eigenvalue weighted by molar-refractivity contribution is -0.113. The minimum absolute atomic E-state index is 0.0408. The second-order valence-corrected chi connectivity index (χ2v) is 7.99. The molecule has 0 radical (unpaired) electrons. The van der Waals surface area contributed by atoms with Crippen LogP contribution in [0.3, 0.4) is 0 Å². The van der Waals surface area contributed by atoms with Crippen molar-refractivity contribution >= 4 is 50.3 Å². The first-order chi connectivity index (χ1) is 14.4. The smallest absolute Gasteiger partial charge is 0.340 e. The van der Waals surface area contributed by atoms with Gasteiger partial charge in [-0.3, -0.25) is 4.79 Å². The Bertz CT molecular complexity index is 1150. The molecule has 8 nitrogen and oxygen atoms in total. The number of carbonyl (C=O) groups excluding carboxylic acids is 2. The number of esters is 1. The molecule has 0 aliphatic carbocycles. The largest absolute Gasteiger partial charge is 0.497 e. The Morgan fingerprint density at radius 3 is 2.80 bits per heavy atom. The number of ether oxygens (including phenoxy) is 2. The number of hydrogen-bond acceptors (Lipinski definition) is 9. The van der Waals surface area contributed by atoms with E-state index >= 15 is 0 Å². The first kappa shape index (κ1) is 21.5. The Morgan fingerprint density at radius 2 is 2.10 bits per heavy atom. The Labute approximate surface area is 181 Å². The zero-order chi connectivity index (χ0) is 21.7. The summed E-state index contributed by atoms with van der Waals surface area (Å²) in [5.41, 5.74) is 1.67. The molecule has 30 heavy (non-hydrogen) atoms. The second kappa shape index (κ2) is 9.56. The monoisotopic (exact) mass is 442 g/mol. The van der Waals surface area contributed by atoms with Gasteiger partial charge >= 0.3 is 5.97 Å². The van der Waals surface area contributed by atoms with Crippen molar-refractivity contribution in [3.8, 4) is 11.8 Å². The molecule has 0 spiro atoms. The number of nitriles is 1. The molecule has 1 N–H and O–H groups in total. The maximum absolute atomic E-state index is 12.4. The third-order valence-electron chi connectivity index (χ3n) is 3.98. The molecule has 3 rings (SSSR count). The van der Waals surface area contributed by atoms with Crippen molar-refractivity contribution in [2.24, 2.45) is 0 Å². The number of carbonyl (C=O) groups is 2. The lowest BCUT2D eigenvalue weighted by Crippen LogP contribution is -2.14. The van der Waals surface area contributed by atoms with Gasteiger partial charge in [0.15, 0.2) is 5.13 Å². The van der Waals surface area contributed by atoms with Gasteiger partial charge in [-0.2, -0.15) is 5.26 Å². The summed E-state index contributed by atoms with van der Waals surface area (Å²) in [6.45, 7) is 3.60. The highest BCUT2D eigenvalue weighted by Crippen LogP contribution is 2.29. The fourth-order valence-corrected chi connectivity index (χ4v) is 4.28. The number of aryl methyl sites for hydroxylation is 1. The minimum atomic E-state index is -0.527. The molecule has 0 bridgehead atoms. The number of benzene rings is 1. The minimum Gasteiger partial charge on any atom is -0.497 e. The lowest BCUT2D eigenvalue weighted by atomic mass is 10.1. The van der Waals surface area contributed by atoms with E-state index in [9.17, 15) is 14.9 Å².